The number of carbonyl (C=O) groups is 3. The molecule has 3 aliphatic carbocycles. The van der Waals surface area contributed by atoms with E-state index in [1.165, 1.54) is 11.0 Å². The number of phenols is 1. The van der Waals surface area contributed by atoms with Crippen LogP contribution < -0.4 is 5.73 Å². The topological polar surface area (TPSA) is 174 Å². The third kappa shape index (κ3) is 4.82. The Morgan fingerprint density at radius 2 is 1.84 bits per heavy atom. The summed E-state index contributed by atoms with van der Waals surface area (Å²) in [4.78, 5) is 43.3. The molecule has 0 heterocycles. The highest BCUT2D eigenvalue weighted by molar-refractivity contribution is 6.24. The molecule has 0 aromatic heterocycles. The summed E-state index contributed by atoms with van der Waals surface area (Å²) in [6, 6.07) is 10.0. The van der Waals surface area contributed by atoms with Crippen LogP contribution in [0.25, 0.3) is 11.1 Å². The fraction of sp³-hybridized carbons (Fsp3) is 0.406. The van der Waals surface area contributed by atoms with Gasteiger partial charge in [0, 0.05) is 31.7 Å². The molecule has 0 radical (unpaired) electrons. The second kappa shape index (κ2) is 11.2. The molecule has 2 aromatic carbocycles. The minimum Gasteiger partial charge on any atom is -0.510 e. The van der Waals surface area contributed by atoms with Gasteiger partial charge in [0.25, 0.3) is 5.91 Å². The second-order valence-electron chi connectivity index (χ2n) is 11.9. The summed E-state index contributed by atoms with van der Waals surface area (Å²) >= 11 is 0. The van der Waals surface area contributed by atoms with Crippen molar-refractivity contribution >= 4 is 17.5 Å². The van der Waals surface area contributed by atoms with Gasteiger partial charge in [-0.25, -0.2) is 0 Å². The van der Waals surface area contributed by atoms with E-state index in [0.29, 0.717) is 18.7 Å². The van der Waals surface area contributed by atoms with Crippen LogP contribution in [-0.2, 0) is 27.3 Å². The number of fused-ring (bicyclic) bond motifs is 3. The molecule has 4 atom stereocenters. The first kappa shape index (κ1) is 30.4. The van der Waals surface area contributed by atoms with Gasteiger partial charge in [0.2, 0.25) is 5.78 Å². The van der Waals surface area contributed by atoms with Crippen molar-refractivity contribution in [1.82, 2.24) is 9.80 Å². The van der Waals surface area contributed by atoms with Gasteiger partial charge in [-0.2, -0.15) is 0 Å². The van der Waals surface area contributed by atoms with Gasteiger partial charge in [0.15, 0.2) is 11.4 Å². The van der Waals surface area contributed by atoms with Crippen molar-refractivity contribution in [2.24, 2.45) is 17.6 Å². The number of Topliss-reactive ketones (excluding diaryl/α,β-unsaturated/α-hetero) is 2. The number of nitrogens with two attached hydrogens (primary N) is 1. The lowest BCUT2D eigenvalue weighted by Crippen LogP contribution is -2.63. The summed E-state index contributed by atoms with van der Waals surface area (Å²) < 4.78 is 5.17. The van der Waals surface area contributed by atoms with Gasteiger partial charge in [-0.05, 0) is 74.3 Å². The number of nitrogens with zero attached hydrogens (tertiary/aromatic N) is 2. The van der Waals surface area contributed by atoms with Crippen LogP contribution in [0.2, 0.25) is 0 Å². The lowest BCUT2D eigenvalue weighted by Gasteiger charge is -2.50. The van der Waals surface area contributed by atoms with Crippen LogP contribution in [0.3, 0.4) is 0 Å². The first-order valence-electron chi connectivity index (χ1n) is 14.1. The van der Waals surface area contributed by atoms with Crippen molar-refractivity contribution in [2.75, 3.05) is 41.4 Å². The Hall–Kier alpha value is -4.03. The molecule has 0 saturated carbocycles. The molecule has 0 unspecified atom stereocenters. The monoisotopic (exact) mass is 591 g/mol. The van der Waals surface area contributed by atoms with Gasteiger partial charge in [-0.1, -0.05) is 24.3 Å². The van der Waals surface area contributed by atoms with Crippen LogP contribution >= 0.6 is 0 Å². The summed E-state index contributed by atoms with van der Waals surface area (Å²) in [5.41, 5.74) is 4.93. The van der Waals surface area contributed by atoms with Gasteiger partial charge in [-0.3, -0.25) is 24.2 Å². The number of allylic oxidation sites excluding steroid dienone is 1. The number of benzene rings is 2. The van der Waals surface area contributed by atoms with E-state index in [1.807, 2.05) is 31.3 Å². The Morgan fingerprint density at radius 1 is 1.12 bits per heavy atom. The van der Waals surface area contributed by atoms with Crippen molar-refractivity contribution in [2.45, 2.75) is 31.0 Å². The van der Waals surface area contributed by atoms with E-state index in [9.17, 15) is 34.8 Å². The molecule has 3 aliphatic rings. The predicted molar refractivity (Wildman–Crippen MR) is 157 cm³/mol. The Balaban J connectivity index is 1.61. The zero-order valence-corrected chi connectivity index (χ0v) is 24.6. The molecule has 43 heavy (non-hydrogen) atoms. The minimum atomic E-state index is -2.67. The maximum Gasteiger partial charge on any atom is 0.255 e. The molecule has 0 bridgehead atoms. The Morgan fingerprint density at radius 3 is 2.49 bits per heavy atom. The average molecular weight is 592 g/mol. The summed E-state index contributed by atoms with van der Waals surface area (Å²) in [5.74, 6) is -6.70. The van der Waals surface area contributed by atoms with E-state index < -0.39 is 58.0 Å². The number of aliphatic hydroxyl groups excluding tert-OH is 2. The Kier molecular flexibility index (Phi) is 7.95. The zero-order chi connectivity index (χ0) is 31.4. The Labute approximate surface area is 249 Å². The zero-order valence-electron chi connectivity index (χ0n) is 24.6. The molecule has 1 amide bonds. The summed E-state index contributed by atoms with van der Waals surface area (Å²) in [6.07, 6.45) is 0.251. The van der Waals surface area contributed by atoms with Gasteiger partial charge >= 0.3 is 0 Å². The van der Waals surface area contributed by atoms with Gasteiger partial charge in [0.1, 0.15) is 22.8 Å². The van der Waals surface area contributed by atoms with Crippen LogP contribution in [0, 0.1) is 11.8 Å². The van der Waals surface area contributed by atoms with Crippen molar-refractivity contribution < 1.29 is 39.5 Å². The van der Waals surface area contributed by atoms with E-state index in [0.717, 1.165) is 23.2 Å². The third-order valence-electron chi connectivity index (χ3n) is 8.97. The fourth-order valence-corrected chi connectivity index (χ4v) is 7.00. The maximum absolute atomic E-state index is 14.0. The minimum absolute atomic E-state index is 0.0131. The molecule has 5 rings (SSSR count). The van der Waals surface area contributed by atoms with Gasteiger partial charge in [0.05, 0.1) is 18.2 Å². The molecule has 0 spiro atoms. The molecule has 2 aromatic rings. The van der Waals surface area contributed by atoms with Crippen LogP contribution in [0.1, 0.15) is 27.9 Å². The number of methoxy groups -OCH3 is 1. The molecule has 228 valence electrons. The number of amides is 1. The summed E-state index contributed by atoms with van der Waals surface area (Å²) in [5, 5.41) is 45.1. The molecular weight excluding hydrogens is 554 g/mol. The number of aliphatic hydroxyl groups is 3. The highest BCUT2D eigenvalue weighted by Crippen LogP contribution is 2.53. The maximum atomic E-state index is 14.0. The molecule has 0 fully saturated rings. The normalized spacial score (nSPS) is 25.2. The average Bonchev–Trinajstić information content (AvgIpc) is 2.93. The molecule has 6 N–H and O–H groups in total. The lowest BCUT2D eigenvalue weighted by atomic mass is 9.58. The number of phenolic OH excluding ortho intramolecular Hbond substituents is 1. The summed E-state index contributed by atoms with van der Waals surface area (Å²) in [6.45, 7) is 2.02. The number of carbonyl (C=O) groups excluding carboxylic acids is 3. The largest absolute Gasteiger partial charge is 0.510 e. The van der Waals surface area contributed by atoms with E-state index >= 15 is 0 Å². The van der Waals surface area contributed by atoms with Crippen molar-refractivity contribution in [3.8, 4) is 16.9 Å². The Bertz CT molecular complexity index is 1580. The third-order valence-corrected chi connectivity index (χ3v) is 8.97. The number of likely N-dealkylation sites (N-methyl/N-ethyl adjacent to an activating group) is 2. The van der Waals surface area contributed by atoms with Crippen LogP contribution in [0.5, 0.6) is 5.75 Å². The number of ketones is 2. The first-order chi connectivity index (χ1) is 20.3. The highest BCUT2D eigenvalue weighted by Gasteiger charge is 2.63. The molecule has 0 aliphatic heterocycles. The lowest BCUT2D eigenvalue weighted by molar-refractivity contribution is -0.148. The van der Waals surface area contributed by atoms with Crippen molar-refractivity contribution in [1.29, 1.82) is 0 Å². The van der Waals surface area contributed by atoms with E-state index in [4.69, 9.17) is 10.5 Å². The van der Waals surface area contributed by atoms with Crippen LogP contribution in [0.4, 0.5) is 0 Å². The van der Waals surface area contributed by atoms with Crippen molar-refractivity contribution in [3.05, 3.63) is 75.8 Å². The number of hydrogen-bond acceptors (Lipinski definition) is 10. The number of aromatic hydroxyl groups is 1. The SMILES string of the molecule is COCCN(C)Cc1cccc(-c2ccc(O)c3c2C[C@H]2C[C@H]4[C@H](N(C)C)C(O)=C(C(N)=O)C(=O)[C@@]4(O)C(O)=C2C3=O)c1. The predicted octanol–water partition coefficient (Wildman–Crippen LogP) is 1.87. The van der Waals surface area contributed by atoms with Crippen LogP contribution in [-0.4, -0.2) is 101 Å². The number of ether oxygens (including phenoxy) is 1. The van der Waals surface area contributed by atoms with Crippen molar-refractivity contribution in [3.63, 3.8) is 0 Å². The molecule has 0 saturated heterocycles. The molecular formula is C32H37N3O8. The van der Waals surface area contributed by atoms with E-state index in [1.54, 1.807) is 27.3 Å². The molecule has 11 nitrogen and oxygen atoms in total. The quantitative estimate of drug-likeness (QED) is 0.285. The highest BCUT2D eigenvalue weighted by atomic mass is 16.5. The van der Waals surface area contributed by atoms with Crippen LogP contribution in [0.15, 0.2) is 59.1 Å². The second-order valence-corrected chi connectivity index (χ2v) is 11.9. The van der Waals surface area contributed by atoms with Gasteiger partial charge in [-0.15, -0.1) is 0 Å². The fourth-order valence-electron chi connectivity index (χ4n) is 7.00. The number of primary amides is 1. The van der Waals surface area contributed by atoms with E-state index in [-0.39, 0.29) is 29.7 Å². The smallest absolute Gasteiger partial charge is 0.255 e. The number of rotatable bonds is 8. The summed E-state index contributed by atoms with van der Waals surface area (Å²) in [7, 11) is 6.85. The van der Waals surface area contributed by atoms with Gasteiger partial charge < -0.3 is 30.9 Å². The van der Waals surface area contributed by atoms with E-state index in [2.05, 4.69) is 4.90 Å². The number of hydrogen-bond donors (Lipinski definition) is 5. The standard InChI is InChI=1S/C32H37N3O8/c1-34(2)26-21-14-18-13-20-19(17-7-5-6-16(12-17)15-35(3)10-11-43-4)8-9-22(36)24(20)27(37)23(18)29(39)32(21,42)30(40)25(28(26)38)31(33)41/h5-9,12,18,21,26,36,38-39,42H,10-11,13-15H2,1-4H3,(H2,33,41)/t18-,21-,26-,32-/m0/s1. The molecule has 11 heteroatoms. The first-order valence-corrected chi connectivity index (χ1v) is 14.1.